The van der Waals surface area contributed by atoms with Crippen molar-refractivity contribution in [2.45, 2.75) is 52.0 Å². The minimum Gasteiger partial charge on any atom is -0.339 e. The number of para-hydroxylation sites is 1. The van der Waals surface area contributed by atoms with E-state index >= 15 is 0 Å². The van der Waals surface area contributed by atoms with Crippen molar-refractivity contribution in [2.75, 3.05) is 13.1 Å². The number of nitrogens with zero attached hydrogens (tertiary/aromatic N) is 3. The van der Waals surface area contributed by atoms with Gasteiger partial charge in [0.1, 0.15) is 5.52 Å². The van der Waals surface area contributed by atoms with Crippen LogP contribution in [0.1, 0.15) is 62.4 Å². The number of aryl methyl sites for hydroxylation is 1. The van der Waals surface area contributed by atoms with Gasteiger partial charge in [-0.15, -0.1) is 0 Å². The standard InChI is InChI=1S/C25H31N3O2/c1-16-12-17(2)14-27(13-16)24(29)20-15-28(18-8-4-5-9-18)25(30)23-22(20)19-10-6-7-11-21(19)26(23)3/h6-7,10-11,15-18H,4-5,8-9,12-14H2,1-3H3/t16-,17+. The Bertz CT molecular complexity index is 1170. The van der Waals surface area contributed by atoms with Crippen LogP contribution in [0.3, 0.4) is 0 Å². The van der Waals surface area contributed by atoms with Crippen LogP contribution in [0.15, 0.2) is 35.3 Å². The lowest BCUT2D eigenvalue weighted by molar-refractivity contribution is 0.0624. The molecule has 5 nitrogen and oxygen atoms in total. The number of carbonyl (C=O) groups is 1. The van der Waals surface area contributed by atoms with Crippen LogP contribution in [-0.4, -0.2) is 33.0 Å². The number of amides is 1. The molecule has 0 unspecified atom stereocenters. The first-order valence-electron chi connectivity index (χ1n) is 11.4. The van der Waals surface area contributed by atoms with Gasteiger partial charge in [-0.1, -0.05) is 44.9 Å². The molecule has 0 bridgehead atoms. The van der Waals surface area contributed by atoms with Gasteiger partial charge in [0.25, 0.3) is 11.5 Å². The van der Waals surface area contributed by atoms with Crippen LogP contribution in [0.25, 0.3) is 21.8 Å². The smallest absolute Gasteiger partial charge is 0.275 e. The molecule has 0 N–H and O–H groups in total. The quantitative estimate of drug-likeness (QED) is 0.619. The number of piperidine rings is 1. The third-order valence-corrected chi connectivity index (χ3v) is 7.19. The van der Waals surface area contributed by atoms with Gasteiger partial charge in [-0.3, -0.25) is 9.59 Å². The van der Waals surface area contributed by atoms with Crippen LogP contribution in [0.4, 0.5) is 0 Å². The molecule has 0 radical (unpaired) electrons. The molecule has 3 aromatic rings. The van der Waals surface area contributed by atoms with E-state index in [1.54, 1.807) is 0 Å². The average molecular weight is 406 g/mol. The molecule has 1 amide bonds. The van der Waals surface area contributed by atoms with Crippen LogP contribution in [-0.2, 0) is 7.05 Å². The molecule has 1 aliphatic carbocycles. The summed E-state index contributed by atoms with van der Waals surface area (Å²) < 4.78 is 3.86. The summed E-state index contributed by atoms with van der Waals surface area (Å²) >= 11 is 0. The normalized spacial score (nSPS) is 23.0. The molecular formula is C25H31N3O2. The maximum absolute atomic E-state index is 13.8. The van der Waals surface area contributed by atoms with E-state index in [-0.39, 0.29) is 17.5 Å². The highest BCUT2D eigenvalue weighted by Crippen LogP contribution is 2.34. The predicted octanol–water partition coefficient (Wildman–Crippen LogP) is 4.73. The van der Waals surface area contributed by atoms with Crippen LogP contribution >= 0.6 is 0 Å². The summed E-state index contributed by atoms with van der Waals surface area (Å²) in [5.41, 5.74) is 2.39. The van der Waals surface area contributed by atoms with Crippen LogP contribution in [0, 0.1) is 11.8 Å². The molecule has 5 rings (SSSR count). The fourth-order valence-corrected chi connectivity index (χ4v) is 5.92. The lowest BCUT2D eigenvalue weighted by Crippen LogP contribution is -2.43. The molecule has 1 saturated heterocycles. The second kappa shape index (κ2) is 7.29. The summed E-state index contributed by atoms with van der Waals surface area (Å²) in [5, 5.41) is 1.82. The molecule has 1 saturated carbocycles. The Morgan fingerprint density at radius 1 is 1.03 bits per heavy atom. The molecule has 1 aliphatic heterocycles. The fraction of sp³-hybridized carbons (Fsp3) is 0.520. The van der Waals surface area contributed by atoms with Gasteiger partial charge in [-0.25, -0.2) is 0 Å². The molecule has 0 spiro atoms. The van der Waals surface area contributed by atoms with Gasteiger partial charge in [-0.2, -0.15) is 0 Å². The van der Waals surface area contributed by atoms with Crippen LogP contribution in [0.5, 0.6) is 0 Å². The Morgan fingerprint density at radius 2 is 1.70 bits per heavy atom. The van der Waals surface area contributed by atoms with Gasteiger partial charge in [0.2, 0.25) is 0 Å². The van der Waals surface area contributed by atoms with Crippen molar-refractivity contribution in [1.29, 1.82) is 0 Å². The van der Waals surface area contributed by atoms with Crippen molar-refractivity contribution in [2.24, 2.45) is 18.9 Å². The maximum atomic E-state index is 13.8. The zero-order valence-electron chi connectivity index (χ0n) is 18.2. The Kier molecular flexibility index (Phi) is 4.72. The summed E-state index contributed by atoms with van der Waals surface area (Å²) in [6, 6.07) is 8.25. The van der Waals surface area contributed by atoms with Gasteiger partial charge < -0.3 is 14.0 Å². The molecule has 1 aromatic carbocycles. The first-order valence-corrected chi connectivity index (χ1v) is 11.4. The molecule has 5 heteroatoms. The van der Waals surface area contributed by atoms with E-state index in [0.717, 1.165) is 61.5 Å². The SMILES string of the molecule is C[C@@H]1C[C@H](C)CN(C(=O)c2cn(C3CCCC3)c(=O)c3c2c2ccccc2n3C)C1. The number of hydrogen-bond donors (Lipinski definition) is 0. The lowest BCUT2D eigenvalue weighted by atomic mass is 9.91. The second-order valence-corrected chi connectivity index (χ2v) is 9.65. The Morgan fingerprint density at radius 3 is 2.40 bits per heavy atom. The van der Waals surface area contributed by atoms with Gasteiger partial charge in [0.15, 0.2) is 0 Å². The van der Waals surface area contributed by atoms with Crippen molar-refractivity contribution >= 4 is 27.7 Å². The number of hydrogen-bond acceptors (Lipinski definition) is 2. The number of likely N-dealkylation sites (tertiary alicyclic amines) is 1. The Labute approximate surface area is 177 Å². The summed E-state index contributed by atoms with van der Waals surface area (Å²) in [5.74, 6) is 1.07. The molecular weight excluding hydrogens is 374 g/mol. The topological polar surface area (TPSA) is 47.2 Å². The van der Waals surface area contributed by atoms with E-state index in [0.29, 0.717) is 22.9 Å². The lowest BCUT2D eigenvalue weighted by Gasteiger charge is -2.35. The fourth-order valence-electron chi connectivity index (χ4n) is 5.92. The monoisotopic (exact) mass is 405 g/mol. The molecule has 2 aromatic heterocycles. The molecule has 2 fully saturated rings. The van der Waals surface area contributed by atoms with E-state index in [1.165, 1.54) is 0 Å². The van der Waals surface area contributed by atoms with Crippen molar-refractivity contribution in [3.63, 3.8) is 0 Å². The summed E-state index contributed by atoms with van der Waals surface area (Å²) in [7, 11) is 1.95. The summed E-state index contributed by atoms with van der Waals surface area (Å²) in [4.78, 5) is 29.4. The summed E-state index contributed by atoms with van der Waals surface area (Å²) in [6.45, 7) is 6.03. The number of benzene rings is 1. The minimum absolute atomic E-state index is 0.0348. The van der Waals surface area contributed by atoms with E-state index in [4.69, 9.17) is 0 Å². The largest absolute Gasteiger partial charge is 0.339 e. The highest BCUT2D eigenvalue weighted by Gasteiger charge is 2.30. The Balaban J connectivity index is 1.77. The first kappa shape index (κ1) is 19.4. The second-order valence-electron chi connectivity index (χ2n) is 9.65. The minimum atomic E-state index is 0.0348. The molecule has 2 aliphatic rings. The maximum Gasteiger partial charge on any atom is 0.275 e. The first-order chi connectivity index (χ1) is 14.5. The van der Waals surface area contributed by atoms with Gasteiger partial charge in [0, 0.05) is 48.7 Å². The number of carbonyl (C=O) groups excluding carboxylic acids is 1. The van der Waals surface area contributed by atoms with E-state index in [9.17, 15) is 9.59 Å². The molecule has 30 heavy (non-hydrogen) atoms. The van der Waals surface area contributed by atoms with Crippen molar-refractivity contribution in [1.82, 2.24) is 14.0 Å². The van der Waals surface area contributed by atoms with Crippen molar-refractivity contribution in [3.05, 3.63) is 46.4 Å². The van der Waals surface area contributed by atoms with E-state index in [1.807, 2.05) is 51.5 Å². The molecule has 3 heterocycles. The van der Waals surface area contributed by atoms with Gasteiger partial charge in [-0.05, 0) is 37.2 Å². The summed E-state index contributed by atoms with van der Waals surface area (Å²) in [6.07, 6.45) is 7.37. The van der Waals surface area contributed by atoms with Crippen molar-refractivity contribution in [3.8, 4) is 0 Å². The van der Waals surface area contributed by atoms with Crippen molar-refractivity contribution < 1.29 is 4.79 Å². The molecule has 158 valence electrons. The van der Waals surface area contributed by atoms with Gasteiger partial charge in [0.05, 0.1) is 5.56 Å². The highest BCUT2D eigenvalue weighted by molar-refractivity contribution is 6.17. The third kappa shape index (κ3) is 2.98. The number of pyridine rings is 1. The number of aromatic nitrogens is 2. The molecule has 2 atom stereocenters. The number of rotatable bonds is 2. The van der Waals surface area contributed by atoms with Crippen LogP contribution in [0.2, 0.25) is 0 Å². The Hall–Kier alpha value is -2.56. The zero-order valence-corrected chi connectivity index (χ0v) is 18.2. The van der Waals surface area contributed by atoms with E-state index in [2.05, 4.69) is 13.8 Å². The van der Waals surface area contributed by atoms with E-state index < -0.39 is 0 Å². The van der Waals surface area contributed by atoms with Crippen LogP contribution < -0.4 is 5.56 Å². The third-order valence-electron chi connectivity index (χ3n) is 7.19. The average Bonchev–Trinajstić information content (AvgIpc) is 3.35. The highest BCUT2D eigenvalue weighted by atomic mass is 16.2. The zero-order chi connectivity index (χ0) is 21.0. The number of fused-ring (bicyclic) bond motifs is 3. The predicted molar refractivity (Wildman–Crippen MR) is 121 cm³/mol. The van der Waals surface area contributed by atoms with Gasteiger partial charge >= 0.3 is 0 Å².